The summed E-state index contributed by atoms with van der Waals surface area (Å²) < 4.78 is 37.2. The average molecular weight is 499 g/mol. The maximum atomic E-state index is 11.7. The Morgan fingerprint density at radius 1 is 0.571 bits per heavy atom. The van der Waals surface area contributed by atoms with Gasteiger partial charge in [-0.1, -0.05) is 44.4 Å². The summed E-state index contributed by atoms with van der Waals surface area (Å²) in [6.07, 6.45) is 4.75. The topological polar surface area (TPSA) is 98.8 Å². The monoisotopic (exact) mass is 498 g/mol. The third-order valence-electron chi connectivity index (χ3n) is 4.68. The van der Waals surface area contributed by atoms with Crippen molar-refractivity contribution in [2.75, 3.05) is 79.3 Å². The van der Waals surface area contributed by atoms with E-state index in [9.17, 15) is 9.59 Å². The van der Waals surface area contributed by atoms with Crippen molar-refractivity contribution in [3.8, 4) is 0 Å². The fourth-order valence-corrected chi connectivity index (χ4v) is 2.82. The summed E-state index contributed by atoms with van der Waals surface area (Å²) in [5.74, 6) is -0.512. The van der Waals surface area contributed by atoms with Crippen LogP contribution in [0.3, 0.4) is 0 Å². The van der Waals surface area contributed by atoms with Crippen LogP contribution >= 0.6 is 0 Å². The van der Waals surface area contributed by atoms with Crippen molar-refractivity contribution in [1.82, 2.24) is 0 Å². The molecule has 0 saturated heterocycles. The van der Waals surface area contributed by atoms with Crippen LogP contribution < -0.4 is 0 Å². The molecule has 9 heteroatoms. The van der Waals surface area contributed by atoms with Gasteiger partial charge in [0.15, 0.2) is 0 Å². The number of ether oxygens (including phenoxy) is 7. The molecular formula is C26H42O9. The first-order valence-electron chi connectivity index (χ1n) is 12.5. The molecule has 0 spiro atoms. The summed E-state index contributed by atoms with van der Waals surface area (Å²) >= 11 is 0. The predicted molar refractivity (Wildman–Crippen MR) is 131 cm³/mol. The molecule has 1 aromatic carbocycles. The fourth-order valence-electron chi connectivity index (χ4n) is 2.82. The second-order valence-electron chi connectivity index (χ2n) is 7.59. The molecule has 200 valence electrons. The van der Waals surface area contributed by atoms with Gasteiger partial charge >= 0.3 is 11.9 Å². The summed E-state index contributed by atoms with van der Waals surface area (Å²) in [4.78, 5) is 23.2. The van der Waals surface area contributed by atoms with Crippen molar-refractivity contribution in [2.45, 2.75) is 39.0 Å². The van der Waals surface area contributed by atoms with Crippen LogP contribution in [0.25, 0.3) is 0 Å². The van der Waals surface area contributed by atoms with E-state index in [1.54, 1.807) is 24.3 Å². The molecule has 0 unspecified atom stereocenters. The zero-order valence-electron chi connectivity index (χ0n) is 21.1. The molecule has 0 fully saturated rings. The van der Waals surface area contributed by atoms with E-state index in [0.29, 0.717) is 78.1 Å². The van der Waals surface area contributed by atoms with Crippen LogP contribution in [-0.4, -0.2) is 91.2 Å². The van der Waals surface area contributed by atoms with Gasteiger partial charge in [0, 0.05) is 6.42 Å². The Morgan fingerprint density at radius 3 is 1.51 bits per heavy atom. The first-order valence-corrected chi connectivity index (χ1v) is 12.5. The van der Waals surface area contributed by atoms with Gasteiger partial charge in [-0.05, 0) is 18.6 Å². The van der Waals surface area contributed by atoms with E-state index in [-0.39, 0.29) is 25.2 Å². The summed E-state index contributed by atoms with van der Waals surface area (Å²) in [6, 6.07) is 8.84. The number of hydrogen-bond acceptors (Lipinski definition) is 9. The highest BCUT2D eigenvalue weighted by Crippen LogP contribution is 2.03. The van der Waals surface area contributed by atoms with Crippen molar-refractivity contribution in [2.24, 2.45) is 0 Å². The zero-order valence-corrected chi connectivity index (χ0v) is 21.1. The van der Waals surface area contributed by atoms with Gasteiger partial charge in [0.1, 0.15) is 13.2 Å². The molecule has 0 amide bonds. The minimum absolute atomic E-state index is 0.156. The lowest BCUT2D eigenvalue weighted by Gasteiger charge is -2.08. The smallest absolute Gasteiger partial charge is 0.338 e. The maximum Gasteiger partial charge on any atom is 0.338 e. The maximum absolute atomic E-state index is 11.7. The van der Waals surface area contributed by atoms with Crippen LogP contribution in [-0.2, 0) is 38.0 Å². The van der Waals surface area contributed by atoms with Gasteiger partial charge in [0.05, 0.1) is 71.6 Å². The largest absolute Gasteiger partial charge is 0.463 e. The molecule has 9 nitrogen and oxygen atoms in total. The van der Waals surface area contributed by atoms with Gasteiger partial charge < -0.3 is 33.2 Å². The normalized spacial score (nSPS) is 10.9. The predicted octanol–water partition coefficient (Wildman–Crippen LogP) is 3.44. The van der Waals surface area contributed by atoms with Crippen molar-refractivity contribution in [1.29, 1.82) is 0 Å². The second kappa shape index (κ2) is 23.7. The minimum atomic E-state index is -0.356. The quantitative estimate of drug-likeness (QED) is 0.157. The Bertz CT molecular complexity index is 625. The van der Waals surface area contributed by atoms with E-state index < -0.39 is 0 Å². The first kappa shape index (κ1) is 31.0. The summed E-state index contributed by atoms with van der Waals surface area (Å²) in [5, 5.41) is 0. The van der Waals surface area contributed by atoms with E-state index >= 15 is 0 Å². The van der Waals surface area contributed by atoms with Crippen LogP contribution in [0.5, 0.6) is 0 Å². The molecular weight excluding hydrogens is 456 g/mol. The van der Waals surface area contributed by atoms with E-state index in [1.807, 2.05) is 6.07 Å². The lowest BCUT2D eigenvalue weighted by atomic mass is 10.2. The lowest BCUT2D eigenvalue weighted by molar-refractivity contribution is -0.145. The molecule has 1 rings (SSSR count). The van der Waals surface area contributed by atoms with Crippen LogP contribution in [0.15, 0.2) is 30.3 Å². The number of benzene rings is 1. The van der Waals surface area contributed by atoms with Gasteiger partial charge in [0.2, 0.25) is 0 Å². The summed E-state index contributed by atoms with van der Waals surface area (Å²) in [5.41, 5.74) is 0.525. The van der Waals surface area contributed by atoms with E-state index in [0.717, 1.165) is 25.7 Å². The SMILES string of the molecule is CCCCCCC(=O)OCCOCCOCCOCCOCCOCCOC(=O)c1ccccc1. The van der Waals surface area contributed by atoms with Crippen molar-refractivity contribution >= 4 is 11.9 Å². The summed E-state index contributed by atoms with van der Waals surface area (Å²) in [7, 11) is 0. The van der Waals surface area contributed by atoms with Gasteiger partial charge in [-0.25, -0.2) is 4.79 Å². The van der Waals surface area contributed by atoms with Crippen LogP contribution in [0, 0.1) is 0 Å². The van der Waals surface area contributed by atoms with Gasteiger partial charge in [-0.15, -0.1) is 0 Å². The highest BCUT2D eigenvalue weighted by atomic mass is 16.6. The molecule has 0 heterocycles. The van der Waals surface area contributed by atoms with Crippen molar-refractivity contribution in [3.63, 3.8) is 0 Å². The van der Waals surface area contributed by atoms with Crippen LogP contribution in [0.2, 0.25) is 0 Å². The lowest BCUT2D eigenvalue weighted by Crippen LogP contribution is -2.15. The zero-order chi connectivity index (χ0) is 25.2. The first-order chi connectivity index (χ1) is 17.2. The number of carbonyl (C=O) groups is 2. The van der Waals surface area contributed by atoms with Crippen LogP contribution in [0.4, 0.5) is 0 Å². The Hall–Kier alpha value is -2.04. The minimum Gasteiger partial charge on any atom is -0.463 e. The molecule has 0 aromatic heterocycles. The number of hydrogen-bond donors (Lipinski definition) is 0. The third-order valence-corrected chi connectivity index (χ3v) is 4.68. The second-order valence-corrected chi connectivity index (χ2v) is 7.59. The molecule has 0 aliphatic heterocycles. The Morgan fingerprint density at radius 2 is 1.03 bits per heavy atom. The van der Waals surface area contributed by atoms with E-state index in [1.165, 1.54) is 0 Å². The molecule has 1 aromatic rings. The van der Waals surface area contributed by atoms with E-state index in [4.69, 9.17) is 33.2 Å². The highest BCUT2D eigenvalue weighted by Gasteiger charge is 2.05. The highest BCUT2D eigenvalue weighted by molar-refractivity contribution is 5.89. The number of esters is 2. The van der Waals surface area contributed by atoms with E-state index in [2.05, 4.69) is 6.92 Å². The molecule has 0 bridgehead atoms. The molecule has 0 radical (unpaired) electrons. The van der Waals surface area contributed by atoms with Crippen LogP contribution in [0.1, 0.15) is 49.4 Å². The number of rotatable bonds is 24. The Kier molecular flexibility index (Phi) is 21.0. The molecule has 0 saturated carbocycles. The fraction of sp³-hybridized carbons (Fsp3) is 0.692. The van der Waals surface area contributed by atoms with Crippen molar-refractivity contribution < 1.29 is 42.7 Å². The standard InChI is InChI=1S/C26H42O9/c1-2-3-4-8-11-25(27)34-22-20-32-18-16-30-14-12-29-13-15-31-17-19-33-21-23-35-26(28)24-9-6-5-7-10-24/h5-7,9-10H,2-4,8,11-23H2,1H3. The van der Waals surface area contributed by atoms with Crippen molar-refractivity contribution in [3.05, 3.63) is 35.9 Å². The summed E-state index contributed by atoms with van der Waals surface area (Å²) in [6.45, 7) is 6.98. The molecule has 0 aliphatic carbocycles. The molecule has 0 aliphatic rings. The third kappa shape index (κ3) is 19.9. The molecule has 0 atom stereocenters. The Balaban J connectivity index is 1.72. The molecule has 35 heavy (non-hydrogen) atoms. The van der Waals surface area contributed by atoms with Gasteiger partial charge in [-0.3, -0.25) is 4.79 Å². The Labute approximate surface area is 209 Å². The van der Waals surface area contributed by atoms with Gasteiger partial charge in [-0.2, -0.15) is 0 Å². The number of unbranched alkanes of at least 4 members (excludes halogenated alkanes) is 3. The average Bonchev–Trinajstić information content (AvgIpc) is 2.88. The number of carbonyl (C=O) groups excluding carboxylic acids is 2. The van der Waals surface area contributed by atoms with Gasteiger partial charge in [0.25, 0.3) is 0 Å². The molecule has 0 N–H and O–H groups in total.